The summed E-state index contributed by atoms with van der Waals surface area (Å²) in [6.45, 7) is 1.36. The molecule has 10 heteroatoms. The summed E-state index contributed by atoms with van der Waals surface area (Å²) in [6, 6.07) is 0. The van der Waals surface area contributed by atoms with Crippen molar-refractivity contribution < 1.29 is 39.9 Å². The van der Waals surface area contributed by atoms with Crippen LogP contribution in [0.15, 0.2) is 0 Å². The van der Waals surface area contributed by atoms with Crippen molar-refractivity contribution in [3.8, 4) is 0 Å². The molecule has 0 fully saturated rings. The quantitative estimate of drug-likeness (QED) is 0.509. The van der Waals surface area contributed by atoms with Crippen LogP contribution in [0.5, 0.6) is 0 Å². The van der Waals surface area contributed by atoms with Crippen LogP contribution in [-0.4, -0.2) is 47.7 Å². The van der Waals surface area contributed by atoms with E-state index in [9.17, 15) is 26.3 Å². The van der Waals surface area contributed by atoms with Gasteiger partial charge in [0.25, 0.3) is 0 Å². The van der Waals surface area contributed by atoms with Gasteiger partial charge in [0.2, 0.25) is 0 Å². The highest BCUT2D eigenvalue weighted by Gasteiger charge is 2.65. The molecule has 0 aliphatic carbocycles. The molecule has 0 radical (unpaired) electrons. The van der Waals surface area contributed by atoms with Gasteiger partial charge in [-0.05, 0) is 6.42 Å². The predicted molar refractivity (Wildman–Crippen MR) is 52.2 cm³/mol. The zero-order valence-corrected chi connectivity index (χ0v) is 11.1. The SMILES string of the molecule is CCC(OC(F)(F)C(F)(F)C(F)F)[SiH](OC)OC. The van der Waals surface area contributed by atoms with E-state index in [0.717, 1.165) is 14.2 Å². The minimum atomic E-state index is -5.57. The van der Waals surface area contributed by atoms with E-state index in [1.165, 1.54) is 6.92 Å². The molecular formula is C8H14F6O3Si. The van der Waals surface area contributed by atoms with Crippen LogP contribution in [0.4, 0.5) is 26.3 Å². The summed E-state index contributed by atoms with van der Waals surface area (Å²) in [7, 11) is -0.521. The van der Waals surface area contributed by atoms with Gasteiger partial charge in [-0.15, -0.1) is 0 Å². The van der Waals surface area contributed by atoms with Crippen molar-refractivity contribution in [3.63, 3.8) is 0 Å². The third kappa shape index (κ3) is 3.83. The largest absolute Gasteiger partial charge is 0.425 e. The molecule has 0 aliphatic heterocycles. The molecule has 0 aliphatic rings. The molecule has 1 atom stereocenters. The maximum Gasteiger partial charge on any atom is 0.425 e. The zero-order chi connectivity index (χ0) is 14.6. The Morgan fingerprint density at radius 2 is 1.50 bits per heavy atom. The lowest BCUT2D eigenvalue weighted by molar-refractivity contribution is -0.380. The minimum absolute atomic E-state index is 0.131. The summed E-state index contributed by atoms with van der Waals surface area (Å²) < 4.78 is 88.1. The van der Waals surface area contributed by atoms with Gasteiger partial charge in [-0.3, -0.25) is 0 Å². The van der Waals surface area contributed by atoms with Gasteiger partial charge in [-0.2, -0.15) is 17.6 Å². The number of hydrogen-bond donors (Lipinski definition) is 0. The van der Waals surface area contributed by atoms with Crippen molar-refractivity contribution in [1.82, 2.24) is 0 Å². The zero-order valence-electron chi connectivity index (χ0n) is 9.93. The van der Waals surface area contributed by atoms with Gasteiger partial charge in [-0.1, -0.05) is 6.92 Å². The highest BCUT2D eigenvalue weighted by atomic mass is 28.3. The fourth-order valence-corrected chi connectivity index (χ4v) is 2.59. The first kappa shape index (κ1) is 17.7. The second-order valence-electron chi connectivity index (χ2n) is 3.34. The Morgan fingerprint density at radius 3 is 1.78 bits per heavy atom. The molecule has 1 unspecified atom stereocenters. The minimum Gasteiger partial charge on any atom is -0.398 e. The van der Waals surface area contributed by atoms with Crippen molar-refractivity contribution in [2.75, 3.05) is 14.2 Å². The lowest BCUT2D eigenvalue weighted by Gasteiger charge is -2.30. The van der Waals surface area contributed by atoms with E-state index < -0.39 is 33.5 Å². The standard InChI is InChI=1S/C8H14F6O3Si/c1-4-5(18(15-2)16-3)17-8(13,14)7(11,12)6(9)10/h5-6,18H,4H2,1-3H3. The number of ether oxygens (including phenoxy) is 1. The molecule has 0 aromatic rings. The second kappa shape index (κ2) is 6.73. The Bertz CT molecular complexity index is 249. The van der Waals surface area contributed by atoms with Gasteiger partial charge in [0.1, 0.15) is 5.73 Å². The maximum absolute atomic E-state index is 13.0. The lowest BCUT2D eigenvalue weighted by atomic mass is 10.3. The van der Waals surface area contributed by atoms with Crippen molar-refractivity contribution in [2.24, 2.45) is 0 Å². The molecule has 0 N–H and O–H groups in total. The molecule has 0 bridgehead atoms. The molecule has 0 amide bonds. The summed E-state index contributed by atoms with van der Waals surface area (Å²) >= 11 is 0. The van der Waals surface area contributed by atoms with Gasteiger partial charge < -0.3 is 13.6 Å². The molecule has 3 nitrogen and oxygen atoms in total. The van der Waals surface area contributed by atoms with E-state index in [0.29, 0.717) is 0 Å². The Hall–Kier alpha value is -0.323. The summed E-state index contributed by atoms with van der Waals surface area (Å²) in [5.41, 5.74) is -1.47. The monoisotopic (exact) mass is 300 g/mol. The lowest BCUT2D eigenvalue weighted by Crippen LogP contribution is -2.53. The highest BCUT2D eigenvalue weighted by Crippen LogP contribution is 2.41. The molecule has 0 saturated heterocycles. The fourth-order valence-electron chi connectivity index (χ4n) is 1.13. The number of rotatable bonds is 8. The smallest absolute Gasteiger partial charge is 0.398 e. The van der Waals surface area contributed by atoms with Gasteiger partial charge in [0.05, 0.1) is 0 Å². The average molecular weight is 300 g/mol. The fraction of sp³-hybridized carbons (Fsp3) is 1.00. The third-order valence-electron chi connectivity index (χ3n) is 2.13. The van der Waals surface area contributed by atoms with Crippen molar-refractivity contribution in [1.29, 1.82) is 0 Å². The summed E-state index contributed by atoms with van der Waals surface area (Å²) in [4.78, 5) is 0. The molecule has 0 rings (SSSR count). The van der Waals surface area contributed by atoms with E-state index in [1.807, 2.05) is 0 Å². The van der Waals surface area contributed by atoms with Gasteiger partial charge in [0, 0.05) is 14.2 Å². The van der Waals surface area contributed by atoms with Gasteiger partial charge in [0.15, 0.2) is 0 Å². The molecular weight excluding hydrogens is 286 g/mol. The summed E-state index contributed by atoms with van der Waals surface area (Å²) in [5, 5.41) is 0. The van der Waals surface area contributed by atoms with Gasteiger partial charge in [-0.25, -0.2) is 8.78 Å². The highest BCUT2D eigenvalue weighted by molar-refractivity contribution is 6.45. The first-order valence-corrected chi connectivity index (χ1v) is 6.52. The Kier molecular flexibility index (Phi) is 6.61. The van der Waals surface area contributed by atoms with E-state index in [-0.39, 0.29) is 6.42 Å². The summed E-state index contributed by atoms with van der Waals surface area (Å²) in [5.74, 6) is -5.57. The van der Waals surface area contributed by atoms with Crippen LogP contribution in [-0.2, 0) is 13.6 Å². The van der Waals surface area contributed by atoms with Crippen molar-refractivity contribution >= 4 is 9.28 Å². The number of halogens is 6. The molecule has 18 heavy (non-hydrogen) atoms. The van der Waals surface area contributed by atoms with E-state index >= 15 is 0 Å². The number of alkyl halides is 6. The van der Waals surface area contributed by atoms with Crippen LogP contribution < -0.4 is 0 Å². The van der Waals surface area contributed by atoms with Gasteiger partial charge >= 0.3 is 27.7 Å². The van der Waals surface area contributed by atoms with Crippen molar-refractivity contribution in [2.45, 2.75) is 37.5 Å². The molecule has 0 heterocycles. The van der Waals surface area contributed by atoms with Crippen LogP contribution in [0.1, 0.15) is 13.3 Å². The van der Waals surface area contributed by atoms with E-state index in [2.05, 4.69) is 4.74 Å². The Morgan fingerprint density at radius 1 is 1.06 bits per heavy atom. The molecule has 110 valence electrons. The van der Waals surface area contributed by atoms with Crippen LogP contribution >= 0.6 is 0 Å². The normalized spacial score (nSPS) is 15.5. The molecule has 0 aromatic carbocycles. The van der Waals surface area contributed by atoms with Crippen molar-refractivity contribution in [3.05, 3.63) is 0 Å². The van der Waals surface area contributed by atoms with E-state index in [4.69, 9.17) is 8.85 Å². The van der Waals surface area contributed by atoms with Crippen LogP contribution in [0.3, 0.4) is 0 Å². The maximum atomic E-state index is 13.0. The number of hydrogen-bond acceptors (Lipinski definition) is 3. The summed E-state index contributed by atoms with van der Waals surface area (Å²) in [6.07, 6.45) is -9.95. The average Bonchev–Trinajstić information content (AvgIpc) is 2.28. The topological polar surface area (TPSA) is 27.7 Å². The first-order chi connectivity index (χ1) is 8.13. The molecule has 0 spiro atoms. The molecule has 0 aromatic heterocycles. The third-order valence-corrected chi connectivity index (χ3v) is 4.28. The van der Waals surface area contributed by atoms with Crippen LogP contribution in [0.2, 0.25) is 0 Å². The predicted octanol–water partition coefficient (Wildman–Crippen LogP) is 2.33. The Labute approximate surface area is 102 Å². The second-order valence-corrected chi connectivity index (χ2v) is 5.77. The van der Waals surface area contributed by atoms with Crippen LogP contribution in [0, 0.1) is 0 Å². The Balaban J connectivity index is 4.92. The van der Waals surface area contributed by atoms with E-state index in [1.54, 1.807) is 0 Å². The first-order valence-electron chi connectivity index (χ1n) is 4.91. The molecule has 0 saturated carbocycles. The van der Waals surface area contributed by atoms with Crippen LogP contribution in [0.25, 0.3) is 0 Å².